The first-order valence-electron chi connectivity index (χ1n) is 7.02. The molecule has 1 unspecified atom stereocenters. The Morgan fingerprint density at radius 1 is 1.18 bits per heavy atom. The van der Waals surface area contributed by atoms with Gasteiger partial charge < -0.3 is 0 Å². The largest absolute Gasteiger partial charge is 0.298 e. The molecular formula is C17H15N3O2. The maximum atomic E-state index is 12.5. The molecule has 0 saturated carbocycles. The molecule has 2 heterocycles. The minimum Gasteiger partial charge on any atom is -0.298 e. The van der Waals surface area contributed by atoms with Crippen molar-refractivity contribution in [3.63, 3.8) is 0 Å². The number of rotatable bonds is 4. The van der Waals surface area contributed by atoms with Crippen LogP contribution >= 0.6 is 0 Å². The Morgan fingerprint density at radius 2 is 1.95 bits per heavy atom. The lowest BCUT2D eigenvalue weighted by Crippen LogP contribution is -2.33. The van der Waals surface area contributed by atoms with E-state index in [1.807, 2.05) is 30.3 Å². The number of hydrogen-bond acceptors (Lipinski definition) is 4. The van der Waals surface area contributed by atoms with E-state index < -0.39 is 5.92 Å². The molecule has 0 radical (unpaired) electrons. The highest BCUT2D eigenvalue weighted by atomic mass is 16.2. The van der Waals surface area contributed by atoms with Gasteiger partial charge in [-0.05, 0) is 24.6 Å². The molecule has 1 atom stereocenters. The van der Waals surface area contributed by atoms with E-state index in [0.717, 1.165) is 5.56 Å². The van der Waals surface area contributed by atoms with Gasteiger partial charge >= 0.3 is 0 Å². The summed E-state index contributed by atoms with van der Waals surface area (Å²) >= 11 is 0. The molecular weight excluding hydrogens is 278 g/mol. The Kier molecular flexibility index (Phi) is 3.78. The highest BCUT2D eigenvalue weighted by Gasteiger charge is 2.39. The van der Waals surface area contributed by atoms with E-state index in [0.29, 0.717) is 11.4 Å². The van der Waals surface area contributed by atoms with Crippen molar-refractivity contribution in [2.24, 2.45) is 11.0 Å². The van der Waals surface area contributed by atoms with Crippen molar-refractivity contribution in [3.8, 4) is 0 Å². The lowest BCUT2D eigenvalue weighted by Gasteiger charge is -2.13. The topological polar surface area (TPSA) is 62.6 Å². The minimum atomic E-state index is -0.805. The van der Waals surface area contributed by atoms with Crippen LogP contribution in [0.5, 0.6) is 0 Å². The van der Waals surface area contributed by atoms with E-state index in [1.165, 1.54) is 5.01 Å². The summed E-state index contributed by atoms with van der Waals surface area (Å²) in [7, 11) is 0. The Labute approximate surface area is 128 Å². The molecule has 2 aromatic rings. The number of ketones is 1. The van der Waals surface area contributed by atoms with E-state index in [4.69, 9.17) is 0 Å². The maximum Gasteiger partial charge on any atom is 0.263 e. The number of aromatic nitrogens is 1. The molecule has 1 amide bonds. The van der Waals surface area contributed by atoms with Gasteiger partial charge in [0, 0.05) is 12.6 Å². The number of carbonyl (C=O) groups is 2. The van der Waals surface area contributed by atoms with Crippen LogP contribution in [-0.2, 0) is 16.0 Å². The van der Waals surface area contributed by atoms with Crippen LogP contribution in [0.15, 0.2) is 60.0 Å². The molecule has 5 heteroatoms. The first-order valence-corrected chi connectivity index (χ1v) is 7.02. The van der Waals surface area contributed by atoms with Crippen molar-refractivity contribution in [2.45, 2.75) is 13.3 Å². The lowest BCUT2D eigenvalue weighted by atomic mass is 9.94. The highest BCUT2D eigenvalue weighted by molar-refractivity contribution is 6.27. The Bertz CT molecular complexity index is 726. The van der Waals surface area contributed by atoms with Crippen LogP contribution in [-0.4, -0.2) is 22.4 Å². The second kappa shape index (κ2) is 5.89. The van der Waals surface area contributed by atoms with E-state index in [2.05, 4.69) is 10.1 Å². The first kappa shape index (κ1) is 14.1. The number of Topliss-reactive ketones (excluding diaryl/α,β-unsaturated/α-hetero) is 1. The molecule has 1 aromatic heterocycles. The SMILES string of the molecule is CC1=NN(c2cccnc2)C(=O)C1C(=O)Cc1ccccc1. The average molecular weight is 293 g/mol. The van der Waals surface area contributed by atoms with Crippen LogP contribution in [0.3, 0.4) is 0 Å². The number of hydrazone groups is 1. The normalized spacial score (nSPS) is 17.5. The standard InChI is InChI=1S/C17H15N3O2/c1-12-16(15(21)10-13-6-3-2-4-7-13)17(22)20(19-12)14-8-5-9-18-11-14/h2-9,11,16H,10H2,1H3. The molecule has 1 aliphatic rings. The average Bonchev–Trinajstić information content (AvgIpc) is 2.84. The number of carbonyl (C=O) groups excluding carboxylic acids is 2. The zero-order valence-corrected chi connectivity index (χ0v) is 12.1. The van der Waals surface area contributed by atoms with Gasteiger partial charge in [0.25, 0.3) is 5.91 Å². The van der Waals surface area contributed by atoms with Gasteiger partial charge in [0.2, 0.25) is 0 Å². The molecule has 110 valence electrons. The van der Waals surface area contributed by atoms with Crippen molar-refractivity contribution >= 4 is 23.1 Å². The van der Waals surface area contributed by atoms with Gasteiger partial charge in [0.05, 0.1) is 17.6 Å². The smallest absolute Gasteiger partial charge is 0.263 e. The Balaban J connectivity index is 1.80. The summed E-state index contributed by atoms with van der Waals surface area (Å²) in [6.07, 6.45) is 3.41. The van der Waals surface area contributed by atoms with Gasteiger partial charge in [-0.3, -0.25) is 14.6 Å². The summed E-state index contributed by atoms with van der Waals surface area (Å²) in [6, 6.07) is 12.9. The van der Waals surface area contributed by atoms with Gasteiger partial charge in [0.15, 0.2) is 5.78 Å². The summed E-state index contributed by atoms with van der Waals surface area (Å²) < 4.78 is 0. The van der Waals surface area contributed by atoms with Crippen LogP contribution < -0.4 is 5.01 Å². The Hall–Kier alpha value is -2.82. The van der Waals surface area contributed by atoms with Crippen LogP contribution in [0, 0.1) is 5.92 Å². The molecule has 0 bridgehead atoms. The Morgan fingerprint density at radius 3 is 2.64 bits per heavy atom. The predicted octanol–water partition coefficient (Wildman–Crippen LogP) is 2.23. The monoisotopic (exact) mass is 293 g/mol. The summed E-state index contributed by atoms with van der Waals surface area (Å²) in [6.45, 7) is 1.71. The zero-order chi connectivity index (χ0) is 15.5. The molecule has 0 spiro atoms. The number of benzene rings is 1. The third-order valence-corrected chi connectivity index (χ3v) is 3.56. The number of pyridine rings is 1. The molecule has 5 nitrogen and oxygen atoms in total. The minimum absolute atomic E-state index is 0.135. The predicted molar refractivity (Wildman–Crippen MR) is 83.5 cm³/mol. The fourth-order valence-corrected chi connectivity index (χ4v) is 2.50. The van der Waals surface area contributed by atoms with Gasteiger partial charge in [0.1, 0.15) is 5.92 Å². The van der Waals surface area contributed by atoms with Crippen LogP contribution in [0.4, 0.5) is 5.69 Å². The van der Waals surface area contributed by atoms with E-state index >= 15 is 0 Å². The van der Waals surface area contributed by atoms with Gasteiger partial charge in [-0.25, -0.2) is 0 Å². The third kappa shape index (κ3) is 2.65. The molecule has 1 aliphatic heterocycles. The number of hydrogen-bond donors (Lipinski definition) is 0. The number of amides is 1. The van der Waals surface area contributed by atoms with Crippen LogP contribution in [0.1, 0.15) is 12.5 Å². The van der Waals surface area contributed by atoms with Crippen molar-refractivity contribution in [2.75, 3.05) is 5.01 Å². The van der Waals surface area contributed by atoms with Gasteiger partial charge in [-0.1, -0.05) is 30.3 Å². The molecule has 0 aliphatic carbocycles. The quantitative estimate of drug-likeness (QED) is 0.812. The fourth-order valence-electron chi connectivity index (χ4n) is 2.50. The third-order valence-electron chi connectivity index (χ3n) is 3.56. The van der Waals surface area contributed by atoms with Crippen molar-refractivity contribution < 1.29 is 9.59 Å². The first-order chi connectivity index (χ1) is 10.7. The molecule has 1 aromatic carbocycles. The van der Waals surface area contributed by atoms with E-state index in [9.17, 15) is 9.59 Å². The second-order valence-corrected chi connectivity index (χ2v) is 5.16. The second-order valence-electron chi connectivity index (χ2n) is 5.16. The highest BCUT2D eigenvalue weighted by Crippen LogP contribution is 2.24. The van der Waals surface area contributed by atoms with Crippen molar-refractivity contribution in [3.05, 3.63) is 60.4 Å². The molecule has 3 rings (SSSR count). The number of anilines is 1. The lowest BCUT2D eigenvalue weighted by molar-refractivity contribution is -0.128. The fraction of sp³-hybridized carbons (Fsp3) is 0.176. The van der Waals surface area contributed by atoms with Gasteiger partial charge in [-0.2, -0.15) is 10.1 Å². The molecule has 0 fully saturated rings. The number of nitrogens with zero attached hydrogens (tertiary/aromatic N) is 3. The van der Waals surface area contributed by atoms with Crippen molar-refractivity contribution in [1.82, 2.24) is 4.98 Å². The van der Waals surface area contributed by atoms with E-state index in [-0.39, 0.29) is 18.1 Å². The summed E-state index contributed by atoms with van der Waals surface area (Å²) in [5, 5.41) is 5.48. The summed E-state index contributed by atoms with van der Waals surface area (Å²) in [5.74, 6) is -1.25. The van der Waals surface area contributed by atoms with Gasteiger partial charge in [-0.15, -0.1) is 0 Å². The molecule has 22 heavy (non-hydrogen) atoms. The summed E-state index contributed by atoms with van der Waals surface area (Å²) in [5.41, 5.74) is 1.99. The summed E-state index contributed by atoms with van der Waals surface area (Å²) in [4.78, 5) is 29.0. The van der Waals surface area contributed by atoms with Crippen LogP contribution in [0.25, 0.3) is 0 Å². The molecule has 0 N–H and O–H groups in total. The zero-order valence-electron chi connectivity index (χ0n) is 12.1. The molecule has 0 saturated heterocycles. The van der Waals surface area contributed by atoms with Crippen LogP contribution in [0.2, 0.25) is 0 Å². The van der Waals surface area contributed by atoms with Crippen molar-refractivity contribution in [1.29, 1.82) is 0 Å². The van der Waals surface area contributed by atoms with E-state index in [1.54, 1.807) is 31.5 Å². The maximum absolute atomic E-state index is 12.5.